The molecule has 6 nitrogen and oxygen atoms in total. The van der Waals surface area contributed by atoms with Gasteiger partial charge in [-0.3, -0.25) is 9.97 Å². The van der Waals surface area contributed by atoms with Crippen LogP contribution in [0.25, 0.3) is 10.6 Å². The first-order chi connectivity index (χ1) is 11.1. The van der Waals surface area contributed by atoms with Gasteiger partial charge < -0.3 is 10.8 Å². The summed E-state index contributed by atoms with van der Waals surface area (Å²) >= 11 is 6.02. The molecule has 116 valence electrons. The van der Waals surface area contributed by atoms with Gasteiger partial charge in [0.1, 0.15) is 10.00 Å². The molecule has 0 unspecified atom stereocenters. The molecular weight excluding hydrogens is 332 g/mol. The summed E-state index contributed by atoms with van der Waals surface area (Å²) in [4.78, 5) is 22.6. The lowest BCUT2D eigenvalue weighted by molar-refractivity contribution is 0.0691. The lowest BCUT2D eigenvalue weighted by atomic mass is 10.3. The third-order valence-electron chi connectivity index (χ3n) is 2.62. The molecule has 0 spiro atoms. The number of pyridine rings is 2. The molecule has 0 aliphatic carbocycles. The van der Waals surface area contributed by atoms with E-state index in [9.17, 15) is 4.79 Å². The molecule has 0 saturated carbocycles. The third-order valence-corrected chi connectivity index (χ3v) is 3.74. The Bertz CT molecular complexity index is 792. The number of rotatable bonds is 3. The maximum absolute atomic E-state index is 10.6. The van der Waals surface area contributed by atoms with Crippen molar-refractivity contribution in [3.8, 4) is 10.6 Å². The standard InChI is InChI=1S/C9H6N2O2S.C6H6N2S/c12-9(13)7-5-14-8(11-7)6-1-3-10-4-2-6;7-6(9)5-1-3-8-4-2-5/h1-5H,(H,12,13);1-4H,(H2,7,9). The fourth-order valence-electron chi connectivity index (χ4n) is 1.52. The Morgan fingerprint density at radius 1 is 1.09 bits per heavy atom. The van der Waals surface area contributed by atoms with Crippen molar-refractivity contribution in [1.82, 2.24) is 15.0 Å². The van der Waals surface area contributed by atoms with Crippen molar-refractivity contribution in [3.05, 3.63) is 65.7 Å². The zero-order valence-corrected chi connectivity index (χ0v) is 13.4. The van der Waals surface area contributed by atoms with E-state index in [0.717, 1.165) is 11.1 Å². The lowest BCUT2D eigenvalue weighted by Gasteiger charge is -1.92. The highest BCUT2D eigenvalue weighted by Crippen LogP contribution is 2.22. The van der Waals surface area contributed by atoms with E-state index in [1.165, 1.54) is 16.7 Å². The van der Waals surface area contributed by atoms with Gasteiger partial charge in [-0.25, -0.2) is 9.78 Å². The van der Waals surface area contributed by atoms with Gasteiger partial charge >= 0.3 is 5.97 Å². The van der Waals surface area contributed by atoms with Crippen LogP contribution in [0, 0.1) is 0 Å². The van der Waals surface area contributed by atoms with E-state index in [2.05, 4.69) is 15.0 Å². The number of aromatic carboxylic acids is 1. The minimum Gasteiger partial charge on any atom is -0.476 e. The predicted octanol–water partition coefficient (Wildman–Crippen LogP) is 2.62. The van der Waals surface area contributed by atoms with Crippen LogP contribution in [-0.4, -0.2) is 31.0 Å². The lowest BCUT2D eigenvalue weighted by Crippen LogP contribution is -2.08. The number of thiazole rings is 1. The van der Waals surface area contributed by atoms with Gasteiger partial charge in [-0.2, -0.15) is 0 Å². The summed E-state index contributed by atoms with van der Waals surface area (Å²) in [6.07, 6.45) is 6.62. The van der Waals surface area contributed by atoms with Gasteiger partial charge in [0.25, 0.3) is 0 Å². The van der Waals surface area contributed by atoms with Crippen LogP contribution in [0.5, 0.6) is 0 Å². The average molecular weight is 344 g/mol. The Hall–Kier alpha value is -2.71. The van der Waals surface area contributed by atoms with Crippen molar-refractivity contribution in [3.63, 3.8) is 0 Å². The molecule has 0 atom stereocenters. The molecule has 0 radical (unpaired) electrons. The molecule has 3 heterocycles. The Labute approximate surface area is 141 Å². The van der Waals surface area contributed by atoms with Gasteiger partial charge in [-0.05, 0) is 24.3 Å². The highest BCUT2D eigenvalue weighted by molar-refractivity contribution is 7.80. The van der Waals surface area contributed by atoms with E-state index in [1.54, 1.807) is 49.1 Å². The molecule has 0 bridgehead atoms. The molecule has 3 rings (SSSR count). The van der Waals surface area contributed by atoms with Crippen molar-refractivity contribution in [2.75, 3.05) is 0 Å². The fraction of sp³-hybridized carbons (Fsp3) is 0. The zero-order valence-electron chi connectivity index (χ0n) is 11.8. The molecule has 8 heteroatoms. The fourth-order valence-corrected chi connectivity index (χ4v) is 2.45. The second-order valence-corrected chi connectivity index (χ2v) is 5.48. The molecule has 0 fully saturated rings. The van der Waals surface area contributed by atoms with E-state index in [0.29, 0.717) is 10.00 Å². The van der Waals surface area contributed by atoms with Crippen LogP contribution in [0.2, 0.25) is 0 Å². The average Bonchev–Trinajstić information content (AvgIpc) is 3.07. The molecule has 0 amide bonds. The highest BCUT2D eigenvalue weighted by Gasteiger charge is 2.09. The van der Waals surface area contributed by atoms with Crippen molar-refractivity contribution in [2.45, 2.75) is 0 Å². The molecule has 0 saturated heterocycles. The van der Waals surface area contributed by atoms with Crippen molar-refractivity contribution >= 4 is 34.5 Å². The first kappa shape index (κ1) is 16.7. The molecule has 0 aromatic carbocycles. The number of carbonyl (C=O) groups is 1. The van der Waals surface area contributed by atoms with Crippen molar-refractivity contribution < 1.29 is 9.90 Å². The summed E-state index contributed by atoms with van der Waals surface area (Å²) in [5.74, 6) is -0.999. The van der Waals surface area contributed by atoms with Crippen LogP contribution in [-0.2, 0) is 0 Å². The van der Waals surface area contributed by atoms with Crippen LogP contribution in [0.1, 0.15) is 16.1 Å². The van der Waals surface area contributed by atoms with Gasteiger partial charge in [0.15, 0.2) is 5.69 Å². The number of nitrogens with two attached hydrogens (primary N) is 1. The van der Waals surface area contributed by atoms with Crippen LogP contribution >= 0.6 is 23.6 Å². The Morgan fingerprint density at radius 2 is 1.65 bits per heavy atom. The number of nitrogens with zero attached hydrogens (tertiary/aromatic N) is 3. The first-order valence-electron chi connectivity index (χ1n) is 6.37. The molecular formula is C15H12N4O2S2. The molecule has 0 aliphatic rings. The first-order valence-corrected chi connectivity index (χ1v) is 7.65. The normalized spacial score (nSPS) is 9.57. The van der Waals surface area contributed by atoms with E-state index < -0.39 is 5.97 Å². The smallest absolute Gasteiger partial charge is 0.355 e. The quantitative estimate of drug-likeness (QED) is 0.704. The molecule has 23 heavy (non-hydrogen) atoms. The van der Waals surface area contributed by atoms with E-state index in [4.69, 9.17) is 23.1 Å². The van der Waals surface area contributed by atoms with Gasteiger partial charge in [0.05, 0.1) is 0 Å². The molecule has 3 aromatic rings. The Morgan fingerprint density at radius 3 is 2.09 bits per heavy atom. The topological polar surface area (TPSA) is 102 Å². The second kappa shape index (κ2) is 8.06. The number of thiocarbonyl (C=S) groups is 1. The van der Waals surface area contributed by atoms with Crippen LogP contribution in [0.3, 0.4) is 0 Å². The number of carboxylic acid groups (broad SMARTS) is 1. The van der Waals surface area contributed by atoms with Gasteiger partial charge in [0, 0.05) is 41.3 Å². The summed E-state index contributed by atoms with van der Waals surface area (Å²) in [6, 6.07) is 7.15. The molecule has 3 aromatic heterocycles. The van der Waals surface area contributed by atoms with Gasteiger partial charge in [0.2, 0.25) is 0 Å². The van der Waals surface area contributed by atoms with Gasteiger partial charge in [-0.15, -0.1) is 11.3 Å². The van der Waals surface area contributed by atoms with E-state index in [1.807, 2.05) is 0 Å². The summed E-state index contributed by atoms with van der Waals surface area (Å²) in [5.41, 5.74) is 7.15. The maximum Gasteiger partial charge on any atom is 0.355 e. The molecule has 3 N–H and O–H groups in total. The SMILES string of the molecule is NC(=S)c1ccncc1.O=C(O)c1csc(-c2ccncc2)n1. The van der Waals surface area contributed by atoms with Crippen LogP contribution in [0.4, 0.5) is 0 Å². The van der Waals surface area contributed by atoms with Crippen molar-refractivity contribution in [2.24, 2.45) is 5.73 Å². The third kappa shape index (κ3) is 4.90. The van der Waals surface area contributed by atoms with Crippen LogP contribution in [0.15, 0.2) is 54.4 Å². The number of carboxylic acids is 1. The van der Waals surface area contributed by atoms with Gasteiger partial charge in [-0.1, -0.05) is 12.2 Å². The van der Waals surface area contributed by atoms with E-state index in [-0.39, 0.29) is 5.69 Å². The monoisotopic (exact) mass is 344 g/mol. The summed E-state index contributed by atoms with van der Waals surface area (Å²) in [7, 11) is 0. The number of aromatic nitrogens is 3. The van der Waals surface area contributed by atoms with Crippen molar-refractivity contribution in [1.29, 1.82) is 0 Å². The summed E-state index contributed by atoms with van der Waals surface area (Å²) in [5, 5.41) is 10.9. The summed E-state index contributed by atoms with van der Waals surface area (Å²) < 4.78 is 0. The second-order valence-electron chi connectivity index (χ2n) is 4.18. The molecule has 0 aliphatic heterocycles. The maximum atomic E-state index is 10.6. The minimum atomic E-state index is -0.999. The highest BCUT2D eigenvalue weighted by atomic mass is 32.1. The van der Waals surface area contributed by atoms with Crippen LogP contribution < -0.4 is 5.73 Å². The zero-order chi connectivity index (χ0) is 16.7. The minimum absolute atomic E-state index is 0.0850. The largest absolute Gasteiger partial charge is 0.476 e. The summed E-state index contributed by atoms with van der Waals surface area (Å²) in [6.45, 7) is 0. The number of hydrogen-bond acceptors (Lipinski definition) is 6. The predicted molar refractivity (Wildman–Crippen MR) is 92.4 cm³/mol. The van der Waals surface area contributed by atoms with E-state index >= 15 is 0 Å². The Kier molecular flexibility index (Phi) is 5.84. The number of hydrogen-bond donors (Lipinski definition) is 2. The Balaban J connectivity index is 0.000000185.